The summed E-state index contributed by atoms with van der Waals surface area (Å²) >= 11 is 5.36. The van der Waals surface area contributed by atoms with Crippen LogP contribution in [-0.2, 0) is 12.8 Å². The second-order valence-corrected chi connectivity index (χ2v) is 9.18. The molecule has 0 saturated carbocycles. The fourth-order valence-electron chi connectivity index (χ4n) is 4.41. The maximum absolute atomic E-state index is 12.5. The number of thiocarbonyl (C=S) groups is 1. The molecule has 0 atom stereocenters. The minimum absolute atomic E-state index is 0.268. The number of ether oxygens (including phenoxy) is 1. The van der Waals surface area contributed by atoms with Crippen molar-refractivity contribution >= 4 is 29.2 Å². The van der Waals surface area contributed by atoms with Crippen LogP contribution in [0.4, 0.5) is 18.9 Å². The summed E-state index contributed by atoms with van der Waals surface area (Å²) in [5.74, 6) is -0.268. The van der Waals surface area contributed by atoms with Gasteiger partial charge in [-0.1, -0.05) is 18.2 Å². The third-order valence-corrected chi connectivity index (χ3v) is 6.34. The molecule has 0 bridgehead atoms. The lowest BCUT2D eigenvalue weighted by atomic mass is 9.96. The highest BCUT2D eigenvalue weighted by molar-refractivity contribution is 7.80. The summed E-state index contributed by atoms with van der Waals surface area (Å²) < 4.78 is 43.2. The van der Waals surface area contributed by atoms with Gasteiger partial charge >= 0.3 is 6.36 Å². The molecule has 0 saturated heterocycles. The Morgan fingerprint density at radius 1 is 1.05 bits per heavy atom. The molecule has 2 N–H and O–H groups in total. The van der Waals surface area contributed by atoms with E-state index in [1.807, 2.05) is 48.7 Å². The van der Waals surface area contributed by atoms with E-state index in [0.717, 1.165) is 39.5 Å². The van der Waals surface area contributed by atoms with Crippen molar-refractivity contribution in [2.75, 3.05) is 5.32 Å². The smallest absolute Gasteiger partial charge is 0.406 e. The Balaban J connectivity index is 1.28. The number of aromatic nitrogens is 3. The first-order valence-electron chi connectivity index (χ1n) is 11.8. The summed E-state index contributed by atoms with van der Waals surface area (Å²) in [5, 5.41) is 7.77. The summed E-state index contributed by atoms with van der Waals surface area (Å²) in [6.07, 6.45) is -0.0840. The number of aryl methyl sites for hydroxylation is 3. The van der Waals surface area contributed by atoms with Gasteiger partial charge in [0.15, 0.2) is 5.11 Å². The van der Waals surface area contributed by atoms with Gasteiger partial charge in [0, 0.05) is 16.9 Å². The molecular weight excluding hydrogens is 513 g/mol. The highest BCUT2D eigenvalue weighted by Crippen LogP contribution is 2.33. The van der Waals surface area contributed by atoms with Gasteiger partial charge in [0.1, 0.15) is 12.1 Å². The molecule has 38 heavy (non-hydrogen) atoms. The van der Waals surface area contributed by atoms with Crippen LogP contribution in [0.3, 0.4) is 0 Å². The number of halogens is 3. The number of anilines is 1. The average Bonchev–Trinajstić information content (AvgIpc) is 3.30. The Bertz CT molecular complexity index is 1510. The molecule has 1 aliphatic carbocycles. The van der Waals surface area contributed by atoms with E-state index < -0.39 is 6.36 Å². The molecule has 2 aromatic carbocycles. The van der Waals surface area contributed by atoms with E-state index >= 15 is 0 Å². The number of imidazole rings is 1. The quantitative estimate of drug-likeness (QED) is 0.189. The van der Waals surface area contributed by atoms with Gasteiger partial charge in [-0.2, -0.15) is 5.10 Å². The molecular formula is C27H23F3N6OS. The maximum Gasteiger partial charge on any atom is 0.573 e. The number of rotatable bonds is 5. The number of pyridine rings is 1. The van der Waals surface area contributed by atoms with Crippen molar-refractivity contribution in [1.29, 1.82) is 0 Å². The molecule has 194 valence electrons. The van der Waals surface area contributed by atoms with E-state index in [9.17, 15) is 13.2 Å². The normalized spacial score (nSPS) is 12.7. The minimum atomic E-state index is -4.73. The Labute approximate surface area is 222 Å². The molecule has 7 nitrogen and oxygen atoms in total. The molecule has 0 fully saturated rings. The van der Waals surface area contributed by atoms with Gasteiger partial charge in [-0.25, -0.2) is 4.98 Å². The van der Waals surface area contributed by atoms with Crippen molar-refractivity contribution < 1.29 is 17.9 Å². The first-order chi connectivity index (χ1) is 18.2. The first kappa shape index (κ1) is 25.4. The molecule has 4 aromatic rings. The lowest BCUT2D eigenvalue weighted by Crippen LogP contribution is -2.24. The lowest BCUT2D eigenvalue weighted by molar-refractivity contribution is -0.274. The zero-order valence-corrected chi connectivity index (χ0v) is 21.3. The van der Waals surface area contributed by atoms with Gasteiger partial charge in [0.05, 0.1) is 29.0 Å². The van der Waals surface area contributed by atoms with Crippen molar-refractivity contribution in [3.8, 4) is 22.7 Å². The van der Waals surface area contributed by atoms with Gasteiger partial charge in [-0.05, 0) is 86.4 Å². The highest BCUT2D eigenvalue weighted by atomic mass is 32.1. The largest absolute Gasteiger partial charge is 0.573 e. The van der Waals surface area contributed by atoms with E-state index in [1.165, 1.54) is 12.1 Å². The van der Waals surface area contributed by atoms with Crippen LogP contribution < -0.4 is 15.5 Å². The molecule has 0 radical (unpaired) electrons. The van der Waals surface area contributed by atoms with Gasteiger partial charge in [-0.15, -0.1) is 13.2 Å². The van der Waals surface area contributed by atoms with Crippen LogP contribution in [0.15, 0.2) is 66.0 Å². The van der Waals surface area contributed by atoms with E-state index in [0.29, 0.717) is 29.3 Å². The number of para-hydroxylation sites is 1. The zero-order chi connectivity index (χ0) is 26.9. The van der Waals surface area contributed by atoms with Gasteiger partial charge in [0.25, 0.3) is 0 Å². The van der Waals surface area contributed by atoms with Crippen LogP contribution in [0.5, 0.6) is 5.75 Å². The van der Waals surface area contributed by atoms with E-state index in [1.54, 1.807) is 24.7 Å². The van der Waals surface area contributed by atoms with E-state index in [-0.39, 0.29) is 5.75 Å². The number of nitrogens with zero attached hydrogens (tertiary/aromatic N) is 4. The summed E-state index contributed by atoms with van der Waals surface area (Å²) in [6, 6.07) is 15.5. The summed E-state index contributed by atoms with van der Waals surface area (Å²) in [4.78, 5) is 9.29. The van der Waals surface area contributed by atoms with Crippen molar-refractivity contribution in [2.24, 2.45) is 5.10 Å². The SMILES string of the molecule is Cc1cccc(C)c1NC(=S)N/N=C/c1ccc2c(n1)CCc1c-2ncn1-c1ccc(OC(F)(F)F)cc1. The van der Waals surface area contributed by atoms with Gasteiger partial charge in [-0.3, -0.25) is 10.4 Å². The molecule has 0 unspecified atom stereocenters. The molecule has 11 heteroatoms. The van der Waals surface area contributed by atoms with Crippen LogP contribution in [0.2, 0.25) is 0 Å². The summed E-state index contributed by atoms with van der Waals surface area (Å²) in [7, 11) is 0. The third-order valence-electron chi connectivity index (χ3n) is 6.15. The molecule has 0 spiro atoms. The highest BCUT2D eigenvalue weighted by Gasteiger charge is 2.31. The Morgan fingerprint density at radius 2 is 1.79 bits per heavy atom. The monoisotopic (exact) mass is 536 g/mol. The summed E-state index contributed by atoms with van der Waals surface area (Å²) in [6.45, 7) is 4.02. The Morgan fingerprint density at radius 3 is 2.50 bits per heavy atom. The minimum Gasteiger partial charge on any atom is -0.406 e. The standard InChI is InChI=1S/C27H23F3N6OS/c1-16-4-3-5-17(2)24(16)34-26(38)35-32-14-18-6-11-21-22(33-18)12-13-23-25(21)31-15-36(23)19-7-9-20(10-8-19)37-27(28,29)30/h3-11,14-15H,12-13H2,1-2H3,(H2,34,35,38)/b32-14+. The number of hydrogen-bond acceptors (Lipinski definition) is 5. The zero-order valence-electron chi connectivity index (χ0n) is 20.5. The second kappa shape index (κ2) is 10.3. The fraction of sp³-hybridized carbons (Fsp3) is 0.185. The number of hydrazone groups is 1. The van der Waals surface area contributed by atoms with Crippen LogP contribution >= 0.6 is 12.2 Å². The van der Waals surface area contributed by atoms with Crippen molar-refractivity contribution in [3.05, 3.63) is 89.1 Å². The molecule has 0 aliphatic heterocycles. The number of hydrogen-bond donors (Lipinski definition) is 2. The number of benzene rings is 2. The predicted molar refractivity (Wildman–Crippen MR) is 144 cm³/mol. The lowest BCUT2D eigenvalue weighted by Gasteiger charge is -2.17. The average molecular weight is 537 g/mol. The third kappa shape index (κ3) is 5.52. The molecule has 2 heterocycles. The van der Waals surface area contributed by atoms with Crippen LogP contribution in [-0.4, -0.2) is 32.2 Å². The molecule has 5 rings (SSSR count). The number of alkyl halides is 3. The van der Waals surface area contributed by atoms with Crippen LogP contribution in [0, 0.1) is 13.8 Å². The Kier molecular flexibility index (Phi) is 6.85. The van der Waals surface area contributed by atoms with Crippen molar-refractivity contribution in [2.45, 2.75) is 33.1 Å². The molecule has 0 amide bonds. The topological polar surface area (TPSA) is 76.4 Å². The Hall–Kier alpha value is -4.25. The van der Waals surface area contributed by atoms with E-state index in [4.69, 9.17) is 17.2 Å². The second-order valence-electron chi connectivity index (χ2n) is 8.77. The van der Waals surface area contributed by atoms with Crippen molar-refractivity contribution in [3.63, 3.8) is 0 Å². The van der Waals surface area contributed by atoms with E-state index in [2.05, 4.69) is 25.6 Å². The first-order valence-corrected chi connectivity index (χ1v) is 12.2. The maximum atomic E-state index is 12.5. The number of fused-ring (bicyclic) bond motifs is 3. The van der Waals surface area contributed by atoms with Crippen LogP contribution in [0.1, 0.15) is 28.2 Å². The van der Waals surface area contributed by atoms with Gasteiger partial charge < -0.3 is 14.6 Å². The number of nitrogens with one attached hydrogen (secondary N) is 2. The van der Waals surface area contributed by atoms with Gasteiger partial charge in [0.2, 0.25) is 0 Å². The molecule has 1 aliphatic rings. The fourth-order valence-corrected chi connectivity index (χ4v) is 4.57. The summed E-state index contributed by atoms with van der Waals surface area (Å²) in [5.41, 5.74) is 10.9. The molecule has 2 aromatic heterocycles. The van der Waals surface area contributed by atoms with Crippen LogP contribution in [0.25, 0.3) is 16.9 Å². The predicted octanol–water partition coefficient (Wildman–Crippen LogP) is 5.87. The van der Waals surface area contributed by atoms with Crippen molar-refractivity contribution in [1.82, 2.24) is 20.0 Å².